The predicted octanol–water partition coefficient (Wildman–Crippen LogP) is 3.60. The Bertz CT molecular complexity index is 902. The van der Waals surface area contributed by atoms with Crippen molar-refractivity contribution in [3.63, 3.8) is 0 Å². The van der Waals surface area contributed by atoms with Gasteiger partial charge in [-0.1, -0.05) is 60.7 Å². The molecule has 2 amide bonds. The fraction of sp³-hybridized carbons (Fsp3) is 0.130. The second-order valence-electron chi connectivity index (χ2n) is 6.34. The summed E-state index contributed by atoms with van der Waals surface area (Å²) >= 11 is 0. The van der Waals surface area contributed by atoms with Crippen molar-refractivity contribution in [3.8, 4) is 0 Å². The van der Waals surface area contributed by atoms with Crippen molar-refractivity contribution >= 4 is 17.9 Å². The highest BCUT2D eigenvalue weighted by molar-refractivity contribution is 6.21. The molecule has 142 valence electrons. The average Bonchev–Trinajstić information content (AvgIpc) is 3.15. The molecule has 5 heteroatoms. The zero-order chi connectivity index (χ0) is 19.8. The average molecular weight is 374 g/mol. The lowest BCUT2D eigenvalue weighted by Crippen LogP contribution is -2.34. The Balaban J connectivity index is 1.73. The minimum Gasteiger partial charge on any atom is -0.462 e. The van der Waals surface area contributed by atoms with Crippen molar-refractivity contribution in [2.75, 3.05) is 0 Å². The van der Waals surface area contributed by atoms with E-state index in [0.717, 1.165) is 11.1 Å². The van der Waals surface area contributed by atoms with Gasteiger partial charge in [-0.25, -0.2) is 0 Å². The second-order valence-corrected chi connectivity index (χ2v) is 6.34. The first-order chi connectivity index (χ1) is 13.6. The molecule has 0 aliphatic carbocycles. The molecule has 0 atom stereocenters. The maximum atomic E-state index is 12.7. The molecule has 0 fully saturated rings. The van der Waals surface area contributed by atoms with Gasteiger partial charge in [0, 0.05) is 13.1 Å². The number of carbonyl (C=O) groups excluding carboxylic acids is 2. The molecule has 2 N–H and O–H groups in total. The standard InChI is InChI=1S/C23H22N2O3/c1-17-12-13-20(28-17)14-21(22(26)24-15-18-8-4-2-5-9-18)23(27)25-16-19-10-6-3-7-11-19/h2-14H,15-16H2,1H3,(H,24,26)(H,25,27). The van der Waals surface area contributed by atoms with Crippen LogP contribution in [-0.2, 0) is 22.7 Å². The topological polar surface area (TPSA) is 71.3 Å². The zero-order valence-corrected chi connectivity index (χ0v) is 15.6. The van der Waals surface area contributed by atoms with E-state index in [-0.39, 0.29) is 5.57 Å². The van der Waals surface area contributed by atoms with Crippen molar-refractivity contribution in [1.29, 1.82) is 0 Å². The molecule has 0 unspecified atom stereocenters. The first kappa shape index (κ1) is 19.2. The first-order valence-electron chi connectivity index (χ1n) is 9.04. The lowest BCUT2D eigenvalue weighted by Gasteiger charge is -2.10. The third-order valence-corrected chi connectivity index (χ3v) is 4.13. The van der Waals surface area contributed by atoms with Crippen molar-refractivity contribution < 1.29 is 14.0 Å². The maximum Gasteiger partial charge on any atom is 0.257 e. The van der Waals surface area contributed by atoms with Gasteiger partial charge in [0.15, 0.2) is 0 Å². The maximum absolute atomic E-state index is 12.7. The van der Waals surface area contributed by atoms with E-state index < -0.39 is 11.8 Å². The molecule has 1 heterocycles. The van der Waals surface area contributed by atoms with Gasteiger partial charge in [-0.2, -0.15) is 0 Å². The summed E-state index contributed by atoms with van der Waals surface area (Å²) in [5, 5.41) is 5.59. The van der Waals surface area contributed by atoms with Crippen LogP contribution in [0.25, 0.3) is 6.08 Å². The van der Waals surface area contributed by atoms with E-state index >= 15 is 0 Å². The van der Waals surface area contributed by atoms with E-state index in [1.54, 1.807) is 12.1 Å². The zero-order valence-electron chi connectivity index (χ0n) is 15.6. The highest BCUT2D eigenvalue weighted by Crippen LogP contribution is 2.12. The van der Waals surface area contributed by atoms with Crippen LogP contribution in [0.3, 0.4) is 0 Å². The van der Waals surface area contributed by atoms with Crippen LogP contribution in [0.2, 0.25) is 0 Å². The SMILES string of the molecule is Cc1ccc(C=C(C(=O)NCc2ccccc2)C(=O)NCc2ccccc2)o1. The van der Waals surface area contributed by atoms with E-state index in [9.17, 15) is 9.59 Å². The van der Waals surface area contributed by atoms with E-state index in [1.165, 1.54) is 6.08 Å². The molecule has 3 rings (SSSR count). The summed E-state index contributed by atoms with van der Waals surface area (Å²) in [6, 6.07) is 22.6. The molecular weight excluding hydrogens is 352 g/mol. The van der Waals surface area contributed by atoms with Gasteiger partial charge in [-0.3, -0.25) is 9.59 Å². The number of aryl methyl sites for hydroxylation is 1. The van der Waals surface area contributed by atoms with Gasteiger partial charge in [0.05, 0.1) is 0 Å². The third kappa shape index (κ3) is 5.45. The van der Waals surface area contributed by atoms with Crippen LogP contribution in [0.15, 0.2) is 82.8 Å². The van der Waals surface area contributed by atoms with Crippen LogP contribution < -0.4 is 10.6 Å². The highest BCUT2D eigenvalue weighted by atomic mass is 16.3. The first-order valence-corrected chi connectivity index (χ1v) is 9.04. The minimum atomic E-state index is -0.455. The molecule has 5 nitrogen and oxygen atoms in total. The lowest BCUT2D eigenvalue weighted by atomic mass is 10.1. The van der Waals surface area contributed by atoms with E-state index in [4.69, 9.17) is 4.42 Å². The molecule has 0 saturated heterocycles. The number of benzene rings is 2. The highest BCUT2D eigenvalue weighted by Gasteiger charge is 2.19. The van der Waals surface area contributed by atoms with Gasteiger partial charge >= 0.3 is 0 Å². The summed E-state index contributed by atoms with van der Waals surface area (Å²) in [5.74, 6) is 0.254. The van der Waals surface area contributed by atoms with Crippen LogP contribution in [0.1, 0.15) is 22.6 Å². The number of hydrogen-bond donors (Lipinski definition) is 2. The van der Waals surface area contributed by atoms with Crippen LogP contribution in [0.5, 0.6) is 0 Å². The predicted molar refractivity (Wildman–Crippen MR) is 108 cm³/mol. The van der Waals surface area contributed by atoms with Gasteiger partial charge in [0.25, 0.3) is 11.8 Å². The van der Waals surface area contributed by atoms with Gasteiger partial charge < -0.3 is 15.1 Å². The Hall–Kier alpha value is -3.60. The van der Waals surface area contributed by atoms with Gasteiger partial charge in [0.2, 0.25) is 0 Å². The lowest BCUT2D eigenvalue weighted by molar-refractivity contribution is -0.123. The molecule has 28 heavy (non-hydrogen) atoms. The summed E-state index contributed by atoms with van der Waals surface area (Å²) in [4.78, 5) is 25.4. The number of rotatable bonds is 7. The number of furan rings is 1. The van der Waals surface area contributed by atoms with Crippen LogP contribution >= 0.6 is 0 Å². The molecular formula is C23H22N2O3. The Morgan fingerprint density at radius 1 is 0.786 bits per heavy atom. The van der Waals surface area contributed by atoms with E-state index in [0.29, 0.717) is 24.6 Å². The van der Waals surface area contributed by atoms with Crippen LogP contribution in [-0.4, -0.2) is 11.8 Å². The van der Waals surface area contributed by atoms with Crippen molar-refractivity contribution in [1.82, 2.24) is 10.6 Å². The van der Waals surface area contributed by atoms with Crippen molar-refractivity contribution in [3.05, 3.63) is 101 Å². The molecule has 2 aromatic carbocycles. The van der Waals surface area contributed by atoms with Crippen molar-refractivity contribution in [2.45, 2.75) is 20.0 Å². The van der Waals surface area contributed by atoms with Gasteiger partial charge in [-0.15, -0.1) is 0 Å². The Morgan fingerprint density at radius 2 is 1.29 bits per heavy atom. The van der Waals surface area contributed by atoms with Crippen molar-refractivity contribution in [2.24, 2.45) is 0 Å². The summed E-state index contributed by atoms with van der Waals surface area (Å²) < 4.78 is 5.50. The Morgan fingerprint density at radius 3 is 1.71 bits per heavy atom. The molecule has 1 aromatic heterocycles. The Kier molecular flexibility index (Phi) is 6.41. The molecule has 0 bridgehead atoms. The fourth-order valence-electron chi connectivity index (χ4n) is 2.65. The Labute approximate surface area is 164 Å². The minimum absolute atomic E-state index is 0.00112. The third-order valence-electron chi connectivity index (χ3n) is 4.13. The van der Waals surface area contributed by atoms with Crippen LogP contribution in [0.4, 0.5) is 0 Å². The smallest absolute Gasteiger partial charge is 0.257 e. The largest absolute Gasteiger partial charge is 0.462 e. The molecule has 3 aromatic rings. The second kappa shape index (κ2) is 9.37. The van der Waals surface area contributed by atoms with Gasteiger partial charge in [-0.05, 0) is 36.3 Å². The molecule has 0 spiro atoms. The van der Waals surface area contributed by atoms with E-state index in [2.05, 4.69) is 10.6 Å². The fourth-order valence-corrected chi connectivity index (χ4v) is 2.65. The summed E-state index contributed by atoms with van der Waals surface area (Å²) in [7, 11) is 0. The number of amides is 2. The summed E-state index contributed by atoms with van der Waals surface area (Å²) in [6.45, 7) is 2.47. The van der Waals surface area contributed by atoms with Crippen LogP contribution in [0, 0.1) is 6.92 Å². The molecule has 0 aliphatic rings. The quantitative estimate of drug-likeness (QED) is 0.377. The van der Waals surface area contributed by atoms with E-state index in [1.807, 2.05) is 67.6 Å². The normalized spacial score (nSPS) is 10.2. The number of hydrogen-bond acceptors (Lipinski definition) is 3. The molecule has 0 aliphatic heterocycles. The van der Waals surface area contributed by atoms with Gasteiger partial charge in [0.1, 0.15) is 17.1 Å². The number of carbonyl (C=O) groups is 2. The summed E-state index contributed by atoms with van der Waals surface area (Å²) in [5.41, 5.74) is 1.91. The molecule has 0 saturated carbocycles. The number of nitrogens with one attached hydrogen (secondary N) is 2. The summed E-state index contributed by atoms with van der Waals surface area (Å²) in [6.07, 6.45) is 1.47. The monoisotopic (exact) mass is 374 g/mol. The molecule has 0 radical (unpaired) electrons.